The lowest BCUT2D eigenvalue weighted by Crippen LogP contribution is -2.14. The number of nitrogens with one attached hydrogen (secondary N) is 1. The first-order valence-electron chi connectivity index (χ1n) is 9.02. The standard InChI is InChI=1S/C22H18N4O3/c1-14-4-7-18(19(13-14)26(28)29)25-20(16-8-11-23-12-9-16)17-6-5-15-3-2-10-24-21(15)22(17)27/h2-13,20,25,27H,1H3. The second-order valence-electron chi connectivity index (χ2n) is 6.71. The van der Waals surface area contributed by atoms with Crippen molar-refractivity contribution in [3.63, 3.8) is 0 Å². The number of nitrogens with zero attached hydrogens (tertiary/aromatic N) is 3. The highest BCUT2D eigenvalue weighted by Gasteiger charge is 2.23. The molecule has 0 spiro atoms. The van der Waals surface area contributed by atoms with Crippen LogP contribution in [0.25, 0.3) is 10.9 Å². The number of hydrogen-bond donors (Lipinski definition) is 2. The lowest BCUT2D eigenvalue weighted by molar-refractivity contribution is -0.384. The predicted molar refractivity (Wildman–Crippen MR) is 111 cm³/mol. The predicted octanol–water partition coefficient (Wildman–Crippen LogP) is 4.75. The van der Waals surface area contributed by atoms with Gasteiger partial charge in [0.25, 0.3) is 5.69 Å². The lowest BCUT2D eigenvalue weighted by Gasteiger charge is -2.22. The van der Waals surface area contributed by atoms with E-state index in [4.69, 9.17) is 0 Å². The van der Waals surface area contributed by atoms with E-state index in [-0.39, 0.29) is 11.4 Å². The molecular weight excluding hydrogens is 368 g/mol. The number of nitro benzene ring substituents is 1. The Kier molecular flexibility index (Phi) is 4.78. The summed E-state index contributed by atoms with van der Waals surface area (Å²) < 4.78 is 0. The van der Waals surface area contributed by atoms with Gasteiger partial charge in [-0.05, 0) is 42.3 Å². The van der Waals surface area contributed by atoms with Gasteiger partial charge in [-0.2, -0.15) is 0 Å². The summed E-state index contributed by atoms with van der Waals surface area (Å²) in [6.45, 7) is 1.80. The first-order valence-corrected chi connectivity index (χ1v) is 9.02. The third-order valence-electron chi connectivity index (χ3n) is 4.78. The van der Waals surface area contributed by atoms with Crippen molar-refractivity contribution in [1.82, 2.24) is 9.97 Å². The minimum atomic E-state index is -0.536. The third-order valence-corrected chi connectivity index (χ3v) is 4.78. The summed E-state index contributed by atoms with van der Waals surface area (Å²) >= 11 is 0. The third kappa shape index (κ3) is 3.58. The van der Waals surface area contributed by atoms with Gasteiger partial charge in [0.1, 0.15) is 17.0 Å². The van der Waals surface area contributed by atoms with Crippen LogP contribution >= 0.6 is 0 Å². The average Bonchev–Trinajstić information content (AvgIpc) is 2.74. The van der Waals surface area contributed by atoms with Crippen LogP contribution in [0.4, 0.5) is 11.4 Å². The van der Waals surface area contributed by atoms with Gasteiger partial charge < -0.3 is 10.4 Å². The summed E-state index contributed by atoms with van der Waals surface area (Å²) in [6, 6.07) is 15.4. The molecule has 2 aromatic heterocycles. The van der Waals surface area contributed by atoms with Crippen molar-refractivity contribution in [2.75, 3.05) is 5.32 Å². The molecule has 2 aromatic carbocycles. The number of fused-ring (bicyclic) bond motifs is 1. The zero-order valence-corrected chi connectivity index (χ0v) is 15.6. The molecular formula is C22H18N4O3. The molecule has 0 amide bonds. The van der Waals surface area contributed by atoms with Gasteiger partial charge >= 0.3 is 0 Å². The van der Waals surface area contributed by atoms with E-state index in [1.807, 2.05) is 12.1 Å². The Morgan fingerprint density at radius 2 is 1.86 bits per heavy atom. The van der Waals surface area contributed by atoms with Crippen LogP contribution in [0.3, 0.4) is 0 Å². The van der Waals surface area contributed by atoms with E-state index < -0.39 is 11.0 Å². The molecule has 7 heteroatoms. The molecule has 0 fully saturated rings. The Hall–Kier alpha value is -4.00. The number of rotatable bonds is 5. The highest BCUT2D eigenvalue weighted by Crippen LogP contribution is 2.38. The summed E-state index contributed by atoms with van der Waals surface area (Å²) in [7, 11) is 0. The van der Waals surface area contributed by atoms with Crippen LogP contribution in [-0.4, -0.2) is 20.0 Å². The number of hydrogen-bond acceptors (Lipinski definition) is 6. The topological polar surface area (TPSA) is 101 Å². The Balaban J connectivity index is 1.87. The van der Waals surface area contributed by atoms with Crippen LogP contribution < -0.4 is 5.32 Å². The second kappa shape index (κ2) is 7.55. The fourth-order valence-corrected chi connectivity index (χ4v) is 3.35. The molecule has 0 saturated heterocycles. The van der Waals surface area contributed by atoms with Crippen LogP contribution in [0.15, 0.2) is 73.2 Å². The minimum absolute atomic E-state index is 0.0255. The number of aromatic nitrogens is 2. The zero-order valence-electron chi connectivity index (χ0n) is 15.6. The summed E-state index contributed by atoms with van der Waals surface area (Å²) in [4.78, 5) is 19.5. The number of aromatic hydroxyl groups is 1. The number of nitro groups is 1. The van der Waals surface area contributed by atoms with Gasteiger partial charge in [-0.1, -0.05) is 24.3 Å². The molecule has 7 nitrogen and oxygen atoms in total. The highest BCUT2D eigenvalue weighted by molar-refractivity contribution is 5.86. The molecule has 2 heterocycles. The maximum absolute atomic E-state index is 11.6. The van der Waals surface area contributed by atoms with Gasteiger partial charge in [-0.15, -0.1) is 0 Å². The lowest BCUT2D eigenvalue weighted by atomic mass is 9.96. The maximum Gasteiger partial charge on any atom is 0.292 e. The number of phenols is 1. The largest absolute Gasteiger partial charge is 0.505 e. The molecule has 4 rings (SSSR count). The van der Waals surface area contributed by atoms with Gasteiger partial charge in [0.05, 0.1) is 11.0 Å². The molecule has 0 radical (unpaired) electrons. The quantitative estimate of drug-likeness (QED) is 0.379. The molecule has 144 valence electrons. The van der Waals surface area contributed by atoms with Crippen molar-refractivity contribution in [2.45, 2.75) is 13.0 Å². The minimum Gasteiger partial charge on any atom is -0.505 e. The smallest absolute Gasteiger partial charge is 0.292 e. The number of pyridine rings is 2. The van der Waals surface area contributed by atoms with E-state index in [9.17, 15) is 15.2 Å². The fourth-order valence-electron chi connectivity index (χ4n) is 3.35. The van der Waals surface area contributed by atoms with Crippen molar-refractivity contribution >= 4 is 22.3 Å². The first kappa shape index (κ1) is 18.4. The molecule has 1 unspecified atom stereocenters. The molecule has 0 aliphatic carbocycles. The Bertz CT molecular complexity index is 1200. The van der Waals surface area contributed by atoms with Crippen LogP contribution in [0.1, 0.15) is 22.7 Å². The fraction of sp³-hybridized carbons (Fsp3) is 0.0909. The van der Waals surface area contributed by atoms with Gasteiger partial charge in [0.15, 0.2) is 0 Å². The molecule has 0 saturated carbocycles. The summed E-state index contributed by atoms with van der Waals surface area (Å²) in [6.07, 6.45) is 4.90. The van der Waals surface area contributed by atoms with Gasteiger partial charge in [-0.3, -0.25) is 20.1 Å². The monoisotopic (exact) mass is 386 g/mol. The van der Waals surface area contributed by atoms with Crippen molar-refractivity contribution < 1.29 is 10.0 Å². The normalized spacial score (nSPS) is 11.9. The summed E-state index contributed by atoms with van der Waals surface area (Å²) in [5.41, 5.74) is 2.98. The van der Waals surface area contributed by atoms with E-state index in [0.717, 1.165) is 16.5 Å². The van der Waals surface area contributed by atoms with Crippen LogP contribution in [0.5, 0.6) is 5.75 Å². The zero-order chi connectivity index (χ0) is 20.4. The summed E-state index contributed by atoms with van der Waals surface area (Å²) in [5, 5.41) is 26.5. The number of phenolic OH excluding ortho intramolecular Hbond substituents is 1. The van der Waals surface area contributed by atoms with Gasteiger partial charge in [0, 0.05) is 35.6 Å². The number of benzene rings is 2. The van der Waals surface area contributed by atoms with Crippen molar-refractivity contribution in [3.05, 3.63) is 100.0 Å². The van der Waals surface area contributed by atoms with E-state index in [1.54, 1.807) is 61.9 Å². The molecule has 4 aromatic rings. The van der Waals surface area contributed by atoms with E-state index in [2.05, 4.69) is 15.3 Å². The van der Waals surface area contributed by atoms with E-state index in [0.29, 0.717) is 16.8 Å². The molecule has 2 N–H and O–H groups in total. The molecule has 0 bridgehead atoms. The number of aryl methyl sites for hydroxylation is 1. The molecule has 0 aliphatic rings. The van der Waals surface area contributed by atoms with Crippen LogP contribution in [0, 0.1) is 17.0 Å². The van der Waals surface area contributed by atoms with Crippen LogP contribution in [0.2, 0.25) is 0 Å². The van der Waals surface area contributed by atoms with E-state index >= 15 is 0 Å². The first-order chi connectivity index (χ1) is 14.0. The average molecular weight is 386 g/mol. The Morgan fingerprint density at radius 3 is 2.62 bits per heavy atom. The van der Waals surface area contributed by atoms with Crippen molar-refractivity contribution in [1.29, 1.82) is 0 Å². The highest BCUT2D eigenvalue weighted by atomic mass is 16.6. The van der Waals surface area contributed by atoms with Crippen LogP contribution in [-0.2, 0) is 0 Å². The van der Waals surface area contributed by atoms with Gasteiger partial charge in [-0.25, -0.2) is 0 Å². The number of anilines is 1. The SMILES string of the molecule is Cc1ccc(NC(c2ccncc2)c2ccc3cccnc3c2O)c([N+](=O)[O-])c1. The Labute approximate surface area is 166 Å². The summed E-state index contributed by atoms with van der Waals surface area (Å²) in [5.74, 6) is 0.0344. The molecule has 29 heavy (non-hydrogen) atoms. The maximum atomic E-state index is 11.6. The molecule has 0 aliphatic heterocycles. The van der Waals surface area contributed by atoms with Gasteiger partial charge in [0.2, 0.25) is 0 Å². The van der Waals surface area contributed by atoms with E-state index in [1.165, 1.54) is 6.07 Å². The Morgan fingerprint density at radius 1 is 1.07 bits per heavy atom. The van der Waals surface area contributed by atoms with Crippen molar-refractivity contribution in [3.8, 4) is 5.75 Å². The van der Waals surface area contributed by atoms with Crippen molar-refractivity contribution in [2.24, 2.45) is 0 Å². The molecule has 1 atom stereocenters. The second-order valence-corrected chi connectivity index (χ2v) is 6.71.